The number of hydrogen-bond acceptors (Lipinski definition) is 6. The largest absolute Gasteiger partial charge is 0.489 e. The van der Waals surface area contributed by atoms with E-state index in [0.29, 0.717) is 12.3 Å². The monoisotopic (exact) mass is 676 g/mol. The second kappa shape index (κ2) is 10.2. The van der Waals surface area contributed by atoms with Crippen LogP contribution in [0.2, 0.25) is 0 Å². The predicted octanol–water partition coefficient (Wildman–Crippen LogP) is 6.90. The Labute approximate surface area is 263 Å². The summed E-state index contributed by atoms with van der Waals surface area (Å²) in [5.74, 6) is -1.09. The molecule has 6 nitrogen and oxygen atoms in total. The number of thiazole rings is 1. The van der Waals surface area contributed by atoms with Gasteiger partial charge in [-0.1, -0.05) is 51.5 Å². The maximum Gasteiger partial charge on any atom is 0.305 e. The average molecular weight is 678 g/mol. The zero-order valence-corrected chi connectivity index (χ0v) is 26.2. The van der Waals surface area contributed by atoms with Crippen LogP contribution in [0.15, 0.2) is 81.0 Å². The molecular weight excluding hydrogens is 651 g/mol. The molecule has 7 atom stereocenters. The van der Waals surface area contributed by atoms with Gasteiger partial charge in [-0.25, -0.2) is 4.39 Å². The fourth-order valence-electron chi connectivity index (χ4n) is 8.03. The molecule has 1 aromatic heterocycles. The van der Waals surface area contributed by atoms with Crippen LogP contribution < -0.4 is 14.5 Å². The number of nitrogens with zero attached hydrogens (tertiary/aromatic N) is 1. The molecule has 2 saturated carbocycles. The molecule has 4 aromatic rings. The molecule has 4 aliphatic rings. The number of anilines is 1. The van der Waals surface area contributed by atoms with Gasteiger partial charge in [-0.2, -0.15) is 0 Å². The summed E-state index contributed by atoms with van der Waals surface area (Å²) < 4.78 is 21.1. The second-order valence-electron chi connectivity index (χ2n) is 11.8. The standard InChI is InChI=1S/C33H26BrFN2O4S2/c1-15-4-2-3-5-16(15)14-41-23-11-6-17(34)12-20(23)24-25-21-13-22(28(25)42-30-29(24)43-33(40)36-30)27-26(21)31(38)37(32(27)39)19-9-7-18(35)8-10-19/h2-12,21-22,24-28H,13-14H2,1H3,(H,36,40)/t21?,22?,24-,25?,26?,27?,28?/m1/s1. The highest BCUT2D eigenvalue weighted by Crippen LogP contribution is 2.69. The zero-order valence-electron chi connectivity index (χ0n) is 23.0. The number of fused-ring (bicyclic) bond motifs is 9. The summed E-state index contributed by atoms with van der Waals surface area (Å²) in [6, 6.07) is 19.7. The molecule has 0 spiro atoms. The first-order chi connectivity index (χ1) is 20.8. The molecular formula is C33H26BrFN2O4S2. The van der Waals surface area contributed by atoms with Gasteiger partial charge in [0.2, 0.25) is 11.8 Å². The van der Waals surface area contributed by atoms with E-state index in [-0.39, 0.29) is 45.6 Å². The van der Waals surface area contributed by atoms with Crippen molar-refractivity contribution in [1.29, 1.82) is 0 Å². The van der Waals surface area contributed by atoms with Crippen molar-refractivity contribution in [2.45, 2.75) is 36.1 Å². The number of carbonyl (C=O) groups excluding carboxylic acids is 2. The number of H-pyrrole nitrogens is 1. The quantitative estimate of drug-likeness (QED) is 0.233. The number of carbonyl (C=O) groups is 2. The van der Waals surface area contributed by atoms with E-state index in [1.165, 1.54) is 40.5 Å². The van der Waals surface area contributed by atoms with Gasteiger partial charge in [-0.05, 0) is 84.7 Å². The van der Waals surface area contributed by atoms with Crippen molar-refractivity contribution in [2.75, 3.05) is 4.90 Å². The third-order valence-electron chi connectivity index (χ3n) is 9.76. The normalized spacial score (nSPS) is 28.6. The van der Waals surface area contributed by atoms with Gasteiger partial charge in [-0.15, -0.1) is 11.8 Å². The van der Waals surface area contributed by atoms with Crippen LogP contribution in [-0.2, 0) is 16.2 Å². The van der Waals surface area contributed by atoms with E-state index in [2.05, 4.69) is 46.0 Å². The van der Waals surface area contributed by atoms with Crippen molar-refractivity contribution < 1.29 is 18.7 Å². The van der Waals surface area contributed by atoms with Gasteiger partial charge in [0.15, 0.2) is 0 Å². The first-order valence-electron chi connectivity index (χ1n) is 14.3. The summed E-state index contributed by atoms with van der Waals surface area (Å²) in [5, 5.41) is 0.907. The van der Waals surface area contributed by atoms with E-state index >= 15 is 0 Å². The lowest BCUT2D eigenvalue weighted by Crippen LogP contribution is -2.42. The van der Waals surface area contributed by atoms with E-state index in [1.54, 1.807) is 11.8 Å². The number of aromatic amines is 1. The summed E-state index contributed by atoms with van der Waals surface area (Å²) in [4.78, 5) is 45.7. The number of thioether (sulfide) groups is 1. The number of halogens is 2. The van der Waals surface area contributed by atoms with Crippen molar-refractivity contribution in [3.05, 3.63) is 108 Å². The van der Waals surface area contributed by atoms with E-state index in [9.17, 15) is 18.8 Å². The van der Waals surface area contributed by atoms with Crippen LogP contribution >= 0.6 is 39.0 Å². The van der Waals surface area contributed by atoms with Crippen LogP contribution in [0.1, 0.15) is 33.9 Å². The summed E-state index contributed by atoms with van der Waals surface area (Å²) >= 11 is 6.55. The van der Waals surface area contributed by atoms with Crippen LogP contribution in [0.4, 0.5) is 10.1 Å². The van der Waals surface area contributed by atoms with Crippen molar-refractivity contribution in [3.8, 4) is 5.75 Å². The number of ether oxygens (including phenoxy) is 1. The molecule has 0 radical (unpaired) electrons. The molecule has 2 bridgehead atoms. The van der Waals surface area contributed by atoms with E-state index in [1.807, 2.05) is 24.3 Å². The molecule has 1 N–H and O–H groups in total. The molecule has 10 heteroatoms. The number of aryl methyl sites for hydroxylation is 1. The molecule has 1 saturated heterocycles. The van der Waals surface area contributed by atoms with Gasteiger partial charge >= 0.3 is 4.87 Å². The third-order valence-corrected chi connectivity index (χ3v) is 12.8. The number of rotatable bonds is 5. The predicted molar refractivity (Wildman–Crippen MR) is 167 cm³/mol. The Morgan fingerprint density at radius 2 is 1.74 bits per heavy atom. The number of imide groups is 1. The first-order valence-corrected chi connectivity index (χ1v) is 16.8. The summed E-state index contributed by atoms with van der Waals surface area (Å²) in [5.41, 5.74) is 3.64. The van der Waals surface area contributed by atoms with Gasteiger partial charge < -0.3 is 9.72 Å². The van der Waals surface area contributed by atoms with Crippen LogP contribution in [-0.4, -0.2) is 22.0 Å². The summed E-state index contributed by atoms with van der Waals surface area (Å²) in [6.07, 6.45) is 0.787. The van der Waals surface area contributed by atoms with E-state index in [0.717, 1.165) is 43.2 Å². The maximum atomic E-state index is 14.0. The molecule has 3 fully saturated rings. The topological polar surface area (TPSA) is 79.5 Å². The van der Waals surface area contributed by atoms with Gasteiger partial charge in [0, 0.05) is 26.1 Å². The molecule has 218 valence electrons. The van der Waals surface area contributed by atoms with Gasteiger partial charge in [0.25, 0.3) is 0 Å². The van der Waals surface area contributed by atoms with Crippen molar-refractivity contribution in [2.24, 2.45) is 29.6 Å². The Morgan fingerprint density at radius 1 is 1.00 bits per heavy atom. The van der Waals surface area contributed by atoms with Crippen molar-refractivity contribution >= 4 is 56.5 Å². The van der Waals surface area contributed by atoms with Gasteiger partial charge in [0.1, 0.15) is 18.2 Å². The lowest BCUT2D eigenvalue weighted by molar-refractivity contribution is -0.123. The molecule has 8 rings (SSSR count). The second-order valence-corrected chi connectivity index (χ2v) is 15.0. The van der Waals surface area contributed by atoms with Crippen molar-refractivity contribution in [3.63, 3.8) is 0 Å². The fourth-order valence-corrected chi connectivity index (χ4v) is 11.3. The number of hydrogen-bond donors (Lipinski definition) is 1. The van der Waals surface area contributed by atoms with E-state index < -0.39 is 17.7 Å². The summed E-state index contributed by atoms with van der Waals surface area (Å²) in [6.45, 7) is 2.47. The maximum absolute atomic E-state index is 14.0. The fraction of sp³-hybridized carbons (Fsp3) is 0.303. The molecule has 2 amide bonds. The Hall–Kier alpha value is -3.21. The van der Waals surface area contributed by atoms with Crippen LogP contribution in [0.5, 0.6) is 5.75 Å². The third kappa shape index (κ3) is 4.20. The van der Waals surface area contributed by atoms with Gasteiger partial charge in [0.05, 0.1) is 22.5 Å². The number of aromatic nitrogens is 1. The molecule has 6 unspecified atom stereocenters. The Balaban J connectivity index is 1.20. The SMILES string of the molecule is Cc1ccccc1COc1ccc(Br)cc1[C@H]1c2sc(=O)[nH]c2SC2C3CC(C4C(=O)N(c5ccc(F)cc5)C(=O)C34)C21. The lowest BCUT2D eigenvalue weighted by atomic mass is 9.68. The molecule has 3 heterocycles. The Kier molecular flexibility index (Phi) is 6.47. The molecule has 2 aliphatic heterocycles. The Morgan fingerprint density at radius 3 is 2.51 bits per heavy atom. The number of amides is 2. The minimum Gasteiger partial charge on any atom is -0.489 e. The molecule has 2 aliphatic carbocycles. The van der Waals surface area contributed by atoms with Crippen LogP contribution in [0, 0.1) is 42.3 Å². The molecule has 3 aromatic carbocycles. The Bertz CT molecular complexity index is 1860. The smallest absolute Gasteiger partial charge is 0.305 e. The number of nitrogens with one attached hydrogen (secondary N) is 1. The number of benzene rings is 3. The van der Waals surface area contributed by atoms with Gasteiger partial charge in [-0.3, -0.25) is 19.3 Å². The minimum absolute atomic E-state index is 0.00515. The van der Waals surface area contributed by atoms with Crippen LogP contribution in [0.25, 0.3) is 0 Å². The first kappa shape index (κ1) is 27.3. The zero-order chi connectivity index (χ0) is 29.6. The highest BCUT2D eigenvalue weighted by molar-refractivity contribution is 9.10. The minimum atomic E-state index is -0.437. The average Bonchev–Trinajstić information content (AvgIpc) is 3.72. The highest BCUT2D eigenvalue weighted by Gasteiger charge is 2.69. The van der Waals surface area contributed by atoms with E-state index in [4.69, 9.17) is 4.74 Å². The molecule has 43 heavy (non-hydrogen) atoms. The van der Waals surface area contributed by atoms with Crippen LogP contribution in [0.3, 0.4) is 0 Å². The summed E-state index contributed by atoms with van der Waals surface area (Å²) in [7, 11) is 0. The highest BCUT2D eigenvalue weighted by atomic mass is 79.9. The van der Waals surface area contributed by atoms with Crippen molar-refractivity contribution in [1.82, 2.24) is 4.98 Å². The lowest BCUT2D eigenvalue weighted by Gasteiger charge is -2.43.